The fourth-order valence-electron chi connectivity index (χ4n) is 3.27. The molecule has 0 spiro atoms. The standard InChI is InChI=1S/C26H32O4/c1-19(14-15-21-11-5-6-17-26(21,3)4)9-7-10-20(2)16-18-30-25(29)24-22(27)12-8-13-23(24)28/h7-16,27-28H,5-6,17-18H2,1-4H3/b10-7+,15-14+,19-9+,20-16+. The Morgan fingerprint density at radius 1 is 1.13 bits per heavy atom. The first-order chi connectivity index (χ1) is 14.2. The summed E-state index contributed by atoms with van der Waals surface area (Å²) >= 11 is 0. The molecule has 1 aromatic rings. The van der Waals surface area contributed by atoms with Crippen molar-refractivity contribution in [2.24, 2.45) is 5.41 Å². The van der Waals surface area contributed by atoms with E-state index in [4.69, 9.17) is 4.74 Å². The predicted octanol–water partition coefficient (Wildman–Crippen LogP) is 6.40. The van der Waals surface area contributed by atoms with Crippen LogP contribution in [0.4, 0.5) is 0 Å². The minimum absolute atomic E-state index is 0.0502. The second-order valence-corrected chi connectivity index (χ2v) is 8.26. The summed E-state index contributed by atoms with van der Waals surface area (Å²) < 4.78 is 5.11. The molecule has 0 amide bonds. The third-order valence-corrected chi connectivity index (χ3v) is 5.24. The molecule has 0 aliphatic heterocycles. The molecule has 1 aromatic carbocycles. The molecule has 30 heavy (non-hydrogen) atoms. The third-order valence-electron chi connectivity index (χ3n) is 5.24. The van der Waals surface area contributed by atoms with Gasteiger partial charge in [-0.25, -0.2) is 4.79 Å². The summed E-state index contributed by atoms with van der Waals surface area (Å²) in [5.41, 5.74) is 3.52. The van der Waals surface area contributed by atoms with E-state index in [1.807, 2.05) is 25.2 Å². The number of rotatable bonds is 7. The Balaban J connectivity index is 1.88. The van der Waals surface area contributed by atoms with Crippen LogP contribution in [0.3, 0.4) is 0 Å². The Morgan fingerprint density at radius 2 is 1.83 bits per heavy atom. The SMILES string of the molecule is CC(/C=C/C1=CCCCC1(C)C)=C\C=C\C(C)=C\COC(=O)c1c(O)cccc1O. The minimum atomic E-state index is -0.764. The molecule has 0 unspecified atom stereocenters. The maximum absolute atomic E-state index is 12.0. The third kappa shape index (κ3) is 6.80. The Morgan fingerprint density at radius 3 is 2.50 bits per heavy atom. The lowest BCUT2D eigenvalue weighted by atomic mass is 9.75. The van der Waals surface area contributed by atoms with Crippen molar-refractivity contribution in [3.05, 3.63) is 83.0 Å². The molecular formula is C26H32O4. The van der Waals surface area contributed by atoms with Gasteiger partial charge in [0.15, 0.2) is 0 Å². The Labute approximate surface area is 179 Å². The Bertz CT molecular complexity index is 891. The highest BCUT2D eigenvalue weighted by atomic mass is 16.5. The van der Waals surface area contributed by atoms with E-state index < -0.39 is 5.97 Å². The molecule has 0 aromatic heterocycles. The fourth-order valence-corrected chi connectivity index (χ4v) is 3.27. The molecule has 0 heterocycles. The van der Waals surface area contributed by atoms with Crippen molar-refractivity contribution in [1.82, 2.24) is 0 Å². The average molecular weight is 409 g/mol. The first kappa shape index (κ1) is 23.3. The van der Waals surface area contributed by atoms with E-state index in [-0.39, 0.29) is 29.1 Å². The van der Waals surface area contributed by atoms with Gasteiger partial charge in [0.05, 0.1) is 0 Å². The van der Waals surface area contributed by atoms with Crippen LogP contribution in [0.15, 0.2) is 77.5 Å². The number of carbonyl (C=O) groups is 1. The largest absolute Gasteiger partial charge is 0.507 e. The molecule has 1 aliphatic carbocycles. The molecular weight excluding hydrogens is 376 g/mol. The van der Waals surface area contributed by atoms with Gasteiger partial charge in [0, 0.05) is 0 Å². The molecule has 2 rings (SSSR count). The second-order valence-electron chi connectivity index (χ2n) is 8.26. The van der Waals surface area contributed by atoms with E-state index in [2.05, 4.69) is 39.0 Å². The van der Waals surface area contributed by atoms with Crippen LogP contribution in [0, 0.1) is 5.41 Å². The number of ether oxygens (including phenoxy) is 1. The number of phenolic OH excluding ortho intramolecular Hbond substituents is 2. The van der Waals surface area contributed by atoms with Gasteiger partial charge in [0.25, 0.3) is 0 Å². The number of phenols is 2. The lowest BCUT2D eigenvalue weighted by molar-refractivity contribution is 0.0542. The number of esters is 1. The van der Waals surface area contributed by atoms with Crippen molar-refractivity contribution >= 4 is 5.97 Å². The number of carbonyl (C=O) groups excluding carboxylic acids is 1. The summed E-state index contributed by atoms with van der Waals surface area (Å²) in [6.45, 7) is 8.62. The lowest BCUT2D eigenvalue weighted by Crippen LogP contribution is -2.16. The molecule has 0 atom stereocenters. The molecule has 0 saturated heterocycles. The van der Waals surface area contributed by atoms with Gasteiger partial charge < -0.3 is 14.9 Å². The fraction of sp³-hybridized carbons (Fsp3) is 0.346. The van der Waals surface area contributed by atoms with Gasteiger partial charge in [-0.2, -0.15) is 0 Å². The summed E-state index contributed by atoms with van der Waals surface area (Å²) in [7, 11) is 0. The minimum Gasteiger partial charge on any atom is -0.507 e. The van der Waals surface area contributed by atoms with Crippen LogP contribution < -0.4 is 0 Å². The molecule has 4 heteroatoms. The highest BCUT2D eigenvalue weighted by molar-refractivity contribution is 5.95. The van der Waals surface area contributed by atoms with Gasteiger partial charge in [0.2, 0.25) is 0 Å². The zero-order chi connectivity index (χ0) is 22.1. The lowest BCUT2D eigenvalue weighted by Gasteiger charge is -2.30. The van der Waals surface area contributed by atoms with Crippen molar-refractivity contribution in [3.8, 4) is 11.5 Å². The van der Waals surface area contributed by atoms with Crippen molar-refractivity contribution in [2.75, 3.05) is 6.61 Å². The second kappa shape index (κ2) is 10.7. The zero-order valence-corrected chi connectivity index (χ0v) is 18.3. The molecule has 0 saturated carbocycles. The average Bonchev–Trinajstić information content (AvgIpc) is 2.66. The predicted molar refractivity (Wildman–Crippen MR) is 122 cm³/mol. The highest BCUT2D eigenvalue weighted by Gasteiger charge is 2.23. The van der Waals surface area contributed by atoms with E-state index in [1.165, 1.54) is 36.6 Å². The smallest absolute Gasteiger partial charge is 0.346 e. The van der Waals surface area contributed by atoms with Crippen LogP contribution in [0.25, 0.3) is 0 Å². The number of hydrogen-bond acceptors (Lipinski definition) is 4. The summed E-state index contributed by atoms with van der Waals surface area (Å²) in [6.07, 6.45) is 18.0. The maximum atomic E-state index is 12.0. The Kier molecular flexibility index (Phi) is 8.28. The van der Waals surface area contributed by atoms with E-state index in [9.17, 15) is 15.0 Å². The van der Waals surface area contributed by atoms with E-state index in [0.717, 1.165) is 17.6 Å². The van der Waals surface area contributed by atoms with Gasteiger partial charge >= 0.3 is 5.97 Å². The van der Waals surface area contributed by atoms with Crippen molar-refractivity contribution in [3.63, 3.8) is 0 Å². The van der Waals surface area contributed by atoms with E-state index >= 15 is 0 Å². The zero-order valence-electron chi connectivity index (χ0n) is 18.3. The first-order valence-corrected chi connectivity index (χ1v) is 10.3. The van der Waals surface area contributed by atoms with Crippen LogP contribution in [0.1, 0.15) is 57.3 Å². The normalized spacial score (nSPS) is 17.4. The molecule has 0 fully saturated rings. The number of aromatic hydroxyl groups is 2. The number of allylic oxidation sites excluding steroid dienone is 9. The number of benzene rings is 1. The quantitative estimate of drug-likeness (QED) is 0.405. The molecule has 0 bridgehead atoms. The first-order valence-electron chi connectivity index (χ1n) is 10.3. The number of hydrogen-bond donors (Lipinski definition) is 2. The van der Waals surface area contributed by atoms with Gasteiger partial charge in [-0.1, -0.05) is 67.5 Å². The van der Waals surface area contributed by atoms with Crippen LogP contribution in [0.5, 0.6) is 11.5 Å². The van der Waals surface area contributed by atoms with Crippen molar-refractivity contribution in [2.45, 2.75) is 47.0 Å². The van der Waals surface area contributed by atoms with Crippen LogP contribution in [-0.2, 0) is 4.74 Å². The molecule has 2 N–H and O–H groups in total. The monoisotopic (exact) mass is 408 g/mol. The van der Waals surface area contributed by atoms with Gasteiger partial charge in [0.1, 0.15) is 23.7 Å². The van der Waals surface area contributed by atoms with Gasteiger partial charge in [-0.15, -0.1) is 0 Å². The molecule has 160 valence electrons. The highest BCUT2D eigenvalue weighted by Crippen LogP contribution is 2.37. The molecule has 4 nitrogen and oxygen atoms in total. The topological polar surface area (TPSA) is 66.8 Å². The summed E-state index contributed by atoms with van der Waals surface area (Å²) in [6, 6.07) is 4.11. The van der Waals surface area contributed by atoms with Gasteiger partial charge in [-0.3, -0.25) is 0 Å². The van der Waals surface area contributed by atoms with E-state index in [0.29, 0.717) is 0 Å². The van der Waals surface area contributed by atoms with E-state index in [1.54, 1.807) is 6.08 Å². The molecule has 0 radical (unpaired) electrons. The Hall–Kier alpha value is -3.01. The van der Waals surface area contributed by atoms with Gasteiger partial charge in [-0.05, 0) is 62.3 Å². The maximum Gasteiger partial charge on any atom is 0.346 e. The molecule has 1 aliphatic rings. The van der Waals surface area contributed by atoms with Crippen molar-refractivity contribution < 1.29 is 19.7 Å². The van der Waals surface area contributed by atoms with Crippen molar-refractivity contribution in [1.29, 1.82) is 0 Å². The summed E-state index contributed by atoms with van der Waals surface area (Å²) in [4.78, 5) is 12.0. The van der Waals surface area contributed by atoms with Crippen LogP contribution >= 0.6 is 0 Å². The summed E-state index contributed by atoms with van der Waals surface area (Å²) in [5, 5.41) is 19.4. The summed E-state index contributed by atoms with van der Waals surface area (Å²) in [5.74, 6) is -1.37. The van der Waals surface area contributed by atoms with Crippen LogP contribution in [-0.4, -0.2) is 22.8 Å². The van der Waals surface area contributed by atoms with Crippen LogP contribution in [0.2, 0.25) is 0 Å².